The predicted molar refractivity (Wildman–Crippen MR) is 136 cm³/mol. The quantitative estimate of drug-likeness (QED) is 0.498. The van der Waals surface area contributed by atoms with Gasteiger partial charge in [0, 0.05) is 43.4 Å². The largest absolute Gasteiger partial charge is 0.489 e. The second kappa shape index (κ2) is 11.2. The van der Waals surface area contributed by atoms with Crippen molar-refractivity contribution in [2.24, 2.45) is 0 Å². The number of hydrogen-bond acceptors (Lipinski definition) is 9. The van der Waals surface area contributed by atoms with E-state index in [1.54, 1.807) is 48.7 Å². The van der Waals surface area contributed by atoms with Gasteiger partial charge in [-0.15, -0.1) is 0 Å². The van der Waals surface area contributed by atoms with Gasteiger partial charge in [0.25, 0.3) is 0 Å². The molecule has 2 aliphatic heterocycles. The molecule has 37 heavy (non-hydrogen) atoms. The maximum atomic E-state index is 12.8. The molecule has 1 N–H and O–H groups in total. The molecule has 2 aromatic carbocycles. The van der Waals surface area contributed by atoms with Crippen LogP contribution in [0.15, 0.2) is 59.6 Å². The lowest BCUT2D eigenvalue weighted by Gasteiger charge is -2.26. The first-order chi connectivity index (χ1) is 18.0. The molecule has 0 bridgehead atoms. The summed E-state index contributed by atoms with van der Waals surface area (Å²) in [6.45, 7) is 2.81. The molecule has 0 radical (unpaired) electrons. The van der Waals surface area contributed by atoms with Crippen molar-refractivity contribution < 1.29 is 22.6 Å². The highest BCUT2D eigenvalue weighted by molar-refractivity contribution is 7.89. The van der Waals surface area contributed by atoms with Gasteiger partial charge in [0.2, 0.25) is 16.0 Å². The fourth-order valence-electron chi connectivity index (χ4n) is 4.21. The Kier molecular flexibility index (Phi) is 7.62. The summed E-state index contributed by atoms with van der Waals surface area (Å²) in [5.41, 5.74) is 2.48. The van der Waals surface area contributed by atoms with Crippen molar-refractivity contribution in [3.05, 3.63) is 60.3 Å². The van der Waals surface area contributed by atoms with Gasteiger partial charge >= 0.3 is 0 Å². The predicted octanol–water partition coefficient (Wildman–Crippen LogP) is 3.34. The third-order valence-electron chi connectivity index (χ3n) is 6.23. The Balaban J connectivity index is 1.29. The van der Waals surface area contributed by atoms with E-state index in [1.165, 1.54) is 4.31 Å². The van der Waals surface area contributed by atoms with Gasteiger partial charge in [-0.05, 0) is 48.5 Å². The minimum atomic E-state index is -3.56. The number of nitriles is 1. The molecular formula is C26H27N5O5S. The molecule has 0 amide bonds. The van der Waals surface area contributed by atoms with Crippen LogP contribution in [0.2, 0.25) is 0 Å². The van der Waals surface area contributed by atoms with Crippen LogP contribution in [-0.2, 0) is 19.5 Å². The van der Waals surface area contributed by atoms with E-state index in [2.05, 4.69) is 21.4 Å². The third kappa shape index (κ3) is 5.89. The van der Waals surface area contributed by atoms with Crippen LogP contribution in [0.4, 0.5) is 11.6 Å². The Morgan fingerprint density at radius 1 is 1.00 bits per heavy atom. The van der Waals surface area contributed by atoms with Crippen molar-refractivity contribution in [2.75, 3.05) is 44.8 Å². The molecule has 10 nitrogen and oxygen atoms in total. The number of sulfonamides is 1. The first-order valence-corrected chi connectivity index (χ1v) is 13.5. The molecule has 2 saturated heterocycles. The summed E-state index contributed by atoms with van der Waals surface area (Å²) in [5.74, 6) is 0.903. The highest BCUT2D eigenvalue weighted by Crippen LogP contribution is 2.28. The molecule has 0 unspecified atom stereocenters. The molecule has 3 aromatic rings. The van der Waals surface area contributed by atoms with E-state index in [1.807, 2.05) is 6.07 Å². The number of morpholine rings is 1. The Morgan fingerprint density at radius 2 is 1.73 bits per heavy atom. The van der Waals surface area contributed by atoms with Gasteiger partial charge < -0.3 is 19.5 Å². The van der Waals surface area contributed by atoms with E-state index in [0.29, 0.717) is 68.2 Å². The van der Waals surface area contributed by atoms with E-state index >= 15 is 0 Å². The summed E-state index contributed by atoms with van der Waals surface area (Å²) >= 11 is 0. The van der Waals surface area contributed by atoms with Crippen LogP contribution in [0.25, 0.3) is 11.3 Å². The molecule has 0 spiro atoms. The summed E-state index contributed by atoms with van der Waals surface area (Å²) in [7, 11) is -3.56. The van der Waals surface area contributed by atoms with Gasteiger partial charge in [-0.25, -0.2) is 18.4 Å². The standard InChI is InChI=1S/C26H27N5O5S/c27-18-20-17-19(1-6-25(20)36-22-8-13-34-14-9-22)24-7-10-28-26(30-24)29-21-2-4-23(5-3-21)37(32,33)31-11-15-35-16-12-31/h1-7,10,17,22H,8-9,11-16H2,(H,28,29,30). The van der Waals surface area contributed by atoms with Crippen LogP contribution in [0.5, 0.6) is 5.75 Å². The van der Waals surface area contributed by atoms with Crippen molar-refractivity contribution in [2.45, 2.75) is 23.8 Å². The van der Waals surface area contributed by atoms with Gasteiger partial charge in [-0.2, -0.15) is 9.57 Å². The zero-order valence-electron chi connectivity index (χ0n) is 20.2. The lowest BCUT2D eigenvalue weighted by Crippen LogP contribution is -2.40. The maximum absolute atomic E-state index is 12.8. The number of nitrogens with zero attached hydrogens (tertiary/aromatic N) is 4. The van der Waals surface area contributed by atoms with Gasteiger partial charge in [0.05, 0.1) is 42.6 Å². The van der Waals surface area contributed by atoms with E-state index in [0.717, 1.165) is 18.4 Å². The van der Waals surface area contributed by atoms with Crippen molar-refractivity contribution in [3.63, 3.8) is 0 Å². The Hall–Kier alpha value is -3.56. The first kappa shape index (κ1) is 25.1. The fraction of sp³-hybridized carbons (Fsp3) is 0.346. The SMILES string of the molecule is N#Cc1cc(-c2ccnc(Nc3ccc(S(=O)(=O)N4CCOCC4)cc3)n2)ccc1OC1CCOCC1. The van der Waals surface area contributed by atoms with E-state index in [-0.39, 0.29) is 11.0 Å². The van der Waals surface area contributed by atoms with E-state index in [4.69, 9.17) is 14.2 Å². The second-order valence-electron chi connectivity index (χ2n) is 8.68. The molecule has 1 aromatic heterocycles. The monoisotopic (exact) mass is 521 g/mol. The smallest absolute Gasteiger partial charge is 0.243 e. The Labute approximate surface area is 215 Å². The normalized spacial score (nSPS) is 17.2. The minimum Gasteiger partial charge on any atom is -0.489 e. The van der Waals surface area contributed by atoms with Crippen molar-refractivity contribution in [1.29, 1.82) is 5.26 Å². The number of ether oxygens (including phenoxy) is 3. The third-order valence-corrected chi connectivity index (χ3v) is 8.14. The Bertz CT molecular complexity index is 1380. The zero-order chi connectivity index (χ0) is 25.7. The average Bonchev–Trinajstić information content (AvgIpc) is 2.95. The van der Waals surface area contributed by atoms with E-state index in [9.17, 15) is 13.7 Å². The highest BCUT2D eigenvalue weighted by atomic mass is 32.2. The van der Waals surface area contributed by atoms with Gasteiger partial charge in [0.1, 0.15) is 17.9 Å². The van der Waals surface area contributed by atoms with Crippen LogP contribution in [0.1, 0.15) is 18.4 Å². The number of rotatable bonds is 7. The van der Waals surface area contributed by atoms with Gasteiger partial charge in [-0.1, -0.05) is 0 Å². The molecule has 3 heterocycles. The minimum absolute atomic E-state index is 0.0387. The van der Waals surface area contributed by atoms with Crippen LogP contribution < -0.4 is 10.1 Å². The maximum Gasteiger partial charge on any atom is 0.243 e. The summed E-state index contributed by atoms with van der Waals surface area (Å²) in [6, 6.07) is 15.9. The fourth-order valence-corrected chi connectivity index (χ4v) is 5.62. The van der Waals surface area contributed by atoms with E-state index < -0.39 is 10.0 Å². The van der Waals surface area contributed by atoms with Crippen LogP contribution in [0, 0.1) is 11.3 Å². The summed E-state index contributed by atoms with van der Waals surface area (Å²) in [5, 5.41) is 12.8. The summed E-state index contributed by atoms with van der Waals surface area (Å²) < 4.78 is 43.8. The lowest BCUT2D eigenvalue weighted by atomic mass is 10.1. The molecule has 0 aliphatic carbocycles. The molecule has 192 valence electrons. The Morgan fingerprint density at radius 3 is 2.46 bits per heavy atom. The van der Waals surface area contributed by atoms with Crippen molar-refractivity contribution in [3.8, 4) is 23.1 Å². The number of hydrogen-bond donors (Lipinski definition) is 1. The van der Waals surface area contributed by atoms with Gasteiger partial charge in [-0.3, -0.25) is 0 Å². The average molecular weight is 522 g/mol. The summed E-state index contributed by atoms with van der Waals surface area (Å²) in [6.07, 6.45) is 3.26. The lowest BCUT2D eigenvalue weighted by molar-refractivity contribution is 0.0254. The topological polar surface area (TPSA) is 127 Å². The van der Waals surface area contributed by atoms with Crippen LogP contribution >= 0.6 is 0 Å². The second-order valence-corrected chi connectivity index (χ2v) is 10.6. The molecule has 0 atom stereocenters. The molecule has 0 saturated carbocycles. The number of nitrogens with one attached hydrogen (secondary N) is 1. The zero-order valence-corrected chi connectivity index (χ0v) is 21.0. The van der Waals surface area contributed by atoms with Crippen molar-refractivity contribution in [1.82, 2.24) is 14.3 Å². The van der Waals surface area contributed by atoms with Crippen LogP contribution in [0.3, 0.4) is 0 Å². The van der Waals surface area contributed by atoms with Gasteiger partial charge in [0.15, 0.2) is 0 Å². The molecule has 2 aliphatic rings. The number of anilines is 2. The van der Waals surface area contributed by atoms with Crippen LogP contribution in [-0.4, -0.2) is 68.3 Å². The molecule has 5 rings (SSSR count). The first-order valence-electron chi connectivity index (χ1n) is 12.1. The molecular weight excluding hydrogens is 494 g/mol. The molecule has 11 heteroatoms. The molecule has 2 fully saturated rings. The summed E-state index contributed by atoms with van der Waals surface area (Å²) in [4.78, 5) is 9.08. The highest BCUT2D eigenvalue weighted by Gasteiger charge is 2.26. The van der Waals surface area contributed by atoms with Crippen molar-refractivity contribution >= 4 is 21.7 Å². The number of aromatic nitrogens is 2. The number of benzene rings is 2.